The first kappa shape index (κ1) is 9.14. The van der Waals surface area contributed by atoms with E-state index in [-0.39, 0.29) is 5.91 Å². The second-order valence-electron chi connectivity index (χ2n) is 1.88. The Hall–Kier alpha value is -0.860. The van der Waals surface area contributed by atoms with Gasteiger partial charge in [-0.2, -0.15) is 5.10 Å². The van der Waals surface area contributed by atoms with Crippen molar-refractivity contribution in [3.05, 3.63) is 0 Å². The second-order valence-corrected chi connectivity index (χ2v) is 1.88. The van der Waals surface area contributed by atoms with Crippen LogP contribution in [0.3, 0.4) is 0 Å². The van der Waals surface area contributed by atoms with Crippen LogP contribution in [-0.2, 0) is 4.79 Å². The van der Waals surface area contributed by atoms with Crippen LogP contribution >= 0.6 is 0 Å². The summed E-state index contributed by atoms with van der Waals surface area (Å²) in [6.07, 6.45) is 1.40. The van der Waals surface area contributed by atoms with Gasteiger partial charge in [0.1, 0.15) is 0 Å². The zero-order valence-corrected chi connectivity index (χ0v) is 6.77. The van der Waals surface area contributed by atoms with Gasteiger partial charge in [-0.1, -0.05) is 13.8 Å². The summed E-state index contributed by atoms with van der Waals surface area (Å²) in [5, 5.41) is 3.73. The van der Waals surface area contributed by atoms with Crippen LogP contribution in [0.4, 0.5) is 0 Å². The molecule has 58 valence electrons. The van der Waals surface area contributed by atoms with E-state index in [2.05, 4.69) is 10.5 Å². The first-order valence-corrected chi connectivity index (χ1v) is 3.61. The highest BCUT2D eigenvalue weighted by Crippen LogP contribution is 1.96. The molecule has 0 aromatic carbocycles. The van der Waals surface area contributed by atoms with E-state index in [1.165, 1.54) is 0 Å². The molecular formula is C7H14N2O. The number of hydrazone groups is 1. The van der Waals surface area contributed by atoms with E-state index < -0.39 is 0 Å². The number of carbonyl (C=O) groups is 1. The molecule has 1 aliphatic rings. The first-order valence-electron chi connectivity index (χ1n) is 3.61. The molecule has 0 aromatic heterocycles. The minimum absolute atomic E-state index is 0.0237. The maximum Gasteiger partial charge on any atom is 0.240 e. The van der Waals surface area contributed by atoms with Crippen LogP contribution in [0.15, 0.2) is 5.10 Å². The standard InChI is InChI=1S/C5H8N2O.C2H6/c1-4-2-3-5(8)7-6-4;1-2/h2-3H2,1H3,(H,7,8);1-2H3. The molecule has 1 heterocycles. The Morgan fingerprint density at radius 3 is 2.30 bits per heavy atom. The number of amides is 1. The maximum absolute atomic E-state index is 10.4. The van der Waals surface area contributed by atoms with Gasteiger partial charge in [-0.3, -0.25) is 4.79 Å². The summed E-state index contributed by atoms with van der Waals surface area (Å²) in [5.41, 5.74) is 3.39. The molecule has 1 rings (SSSR count). The number of hydrogen-bond acceptors (Lipinski definition) is 2. The van der Waals surface area contributed by atoms with Crippen molar-refractivity contribution in [2.75, 3.05) is 0 Å². The molecule has 0 saturated heterocycles. The Morgan fingerprint density at radius 1 is 1.40 bits per heavy atom. The predicted molar refractivity (Wildman–Crippen MR) is 41.8 cm³/mol. The van der Waals surface area contributed by atoms with E-state index in [4.69, 9.17) is 0 Å². The van der Waals surface area contributed by atoms with Gasteiger partial charge in [0.25, 0.3) is 0 Å². The Balaban J connectivity index is 0.000000371. The van der Waals surface area contributed by atoms with Gasteiger partial charge < -0.3 is 0 Å². The minimum Gasteiger partial charge on any atom is -0.273 e. The van der Waals surface area contributed by atoms with Crippen molar-refractivity contribution >= 4 is 11.6 Å². The van der Waals surface area contributed by atoms with Gasteiger partial charge in [0.05, 0.1) is 0 Å². The van der Waals surface area contributed by atoms with E-state index in [1.807, 2.05) is 20.8 Å². The van der Waals surface area contributed by atoms with Crippen molar-refractivity contribution in [1.29, 1.82) is 0 Å². The Kier molecular flexibility index (Phi) is 4.54. The summed E-state index contributed by atoms with van der Waals surface area (Å²) in [5.74, 6) is 0.0237. The van der Waals surface area contributed by atoms with Crippen LogP contribution in [0.25, 0.3) is 0 Å². The lowest BCUT2D eigenvalue weighted by Gasteiger charge is -2.06. The zero-order chi connectivity index (χ0) is 7.98. The lowest BCUT2D eigenvalue weighted by molar-refractivity contribution is -0.121. The molecule has 1 aliphatic heterocycles. The van der Waals surface area contributed by atoms with Crippen molar-refractivity contribution in [2.45, 2.75) is 33.6 Å². The second kappa shape index (κ2) is 4.97. The van der Waals surface area contributed by atoms with Crippen molar-refractivity contribution < 1.29 is 4.79 Å². The van der Waals surface area contributed by atoms with Crippen molar-refractivity contribution in [3.63, 3.8) is 0 Å². The SMILES string of the molecule is CC.CC1=NNC(=O)CC1. The highest BCUT2D eigenvalue weighted by molar-refractivity contribution is 5.90. The molecule has 0 bridgehead atoms. The molecule has 10 heavy (non-hydrogen) atoms. The molecule has 3 nitrogen and oxygen atoms in total. The quantitative estimate of drug-likeness (QED) is 0.544. The summed E-state index contributed by atoms with van der Waals surface area (Å²) >= 11 is 0. The third-order valence-electron chi connectivity index (χ3n) is 1.09. The van der Waals surface area contributed by atoms with Crippen molar-refractivity contribution in [3.8, 4) is 0 Å². The first-order chi connectivity index (χ1) is 4.79. The van der Waals surface area contributed by atoms with Crippen molar-refractivity contribution in [1.82, 2.24) is 5.43 Å². The summed E-state index contributed by atoms with van der Waals surface area (Å²) < 4.78 is 0. The number of hydrogen-bond donors (Lipinski definition) is 1. The molecule has 0 unspecified atom stereocenters. The van der Waals surface area contributed by atoms with Crippen LogP contribution in [0.5, 0.6) is 0 Å². The summed E-state index contributed by atoms with van der Waals surface area (Å²) in [7, 11) is 0. The van der Waals surface area contributed by atoms with Crippen LogP contribution in [0.2, 0.25) is 0 Å². The maximum atomic E-state index is 10.4. The fraction of sp³-hybridized carbons (Fsp3) is 0.714. The molecule has 1 N–H and O–H groups in total. The molecule has 0 radical (unpaired) electrons. The normalized spacial score (nSPS) is 16.3. The van der Waals surface area contributed by atoms with E-state index in [0.29, 0.717) is 6.42 Å². The number of nitrogens with zero attached hydrogens (tertiary/aromatic N) is 1. The van der Waals surface area contributed by atoms with Gasteiger partial charge >= 0.3 is 0 Å². The van der Waals surface area contributed by atoms with Gasteiger partial charge in [0.2, 0.25) is 5.91 Å². The molecule has 0 atom stereocenters. The monoisotopic (exact) mass is 142 g/mol. The molecule has 0 spiro atoms. The Morgan fingerprint density at radius 2 is 2.00 bits per heavy atom. The molecular weight excluding hydrogens is 128 g/mol. The van der Waals surface area contributed by atoms with Crippen LogP contribution < -0.4 is 5.43 Å². The molecule has 3 heteroatoms. The average molecular weight is 142 g/mol. The van der Waals surface area contributed by atoms with E-state index in [9.17, 15) is 4.79 Å². The summed E-state index contributed by atoms with van der Waals surface area (Å²) in [6.45, 7) is 5.90. The van der Waals surface area contributed by atoms with E-state index in [1.54, 1.807) is 0 Å². The third-order valence-corrected chi connectivity index (χ3v) is 1.09. The minimum atomic E-state index is 0.0237. The Bertz CT molecular complexity index is 141. The lowest BCUT2D eigenvalue weighted by Crippen LogP contribution is -2.23. The Labute approximate surface area is 61.5 Å². The molecule has 0 aromatic rings. The van der Waals surface area contributed by atoms with Gasteiger partial charge in [0, 0.05) is 12.1 Å². The fourth-order valence-corrected chi connectivity index (χ4v) is 0.564. The number of rotatable bonds is 0. The molecule has 0 aliphatic carbocycles. The number of nitrogens with one attached hydrogen (secondary N) is 1. The zero-order valence-electron chi connectivity index (χ0n) is 6.77. The average Bonchev–Trinajstić information content (AvgIpc) is 2.00. The van der Waals surface area contributed by atoms with Crippen LogP contribution in [0.1, 0.15) is 33.6 Å². The van der Waals surface area contributed by atoms with Crippen molar-refractivity contribution in [2.24, 2.45) is 5.10 Å². The highest BCUT2D eigenvalue weighted by atomic mass is 16.2. The van der Waals surface area contributed by atoms with Crippen LogP contribution in [-0.4, -0.2) is 11.6 Å². The van der Waals surface area contributed by atoms with E-state index >= 15 is 0 Å². The van der Waals surface area contributed by atoms with Gasteiger partial charge in [-0.15, -0.1) is 0 Å². The third kappa shape index (κ3) is 3.22. The fourth-order valence-electron chi connectivity index (χ4n) is 0.564. The predicted octanol–water partition coefficient (Wildman–Crippen LogP) is 1.30. The van der Waals surface area contributed by atoms with Gasteiger partial charge in [-0.05, 0) is 13.3 Å². The number of carbonyl (C=O) groups excluding carboxylic acids is 1. The molecule has 0 saturated carbocycles. The molecule has 1 amide bonds. The molecule has 0 fully saturated rings. The smallest absolute Gasteiger partial charge is 0.240 e. The summed E-state index contributed by atoms with van der Waals surface area (Å²) in [4.78, 5) is 10.4. The topological polar surface area (TPSA) is 41.5 Å². The lowest BCUT2D eigenvalue weighted by atomic mass is 10.2. The largest absolute Gasteiger partial charge is 0.273 e. The van der Waals surface area contributed by atoms with Gasteiger partial charge in [0.15, 0.2) is 0 Å². The van der Waals surface area contributed by atoms with Crippen LogP contribution in [0, 0.1) is 0 Å². The highest BCUT2D eigenvalue weighted by Gasteiger charge is 2.05. The van der Waals surface area contributed by atoms with Gasteiger partial charge in [-0.25, -0.2) is 5.43 Å². The van der Waals surface area contributed by atoms with E-state index in [0.717, 1.165) is 12.1 Å². The summed E-state index contributed by atoms with van der Waals surface area (Å²) in [6, 6.07) is 0.